The summed E-state index contributed by atoms with van der Waals surface area (Å²) < 4.78 is 1.08. The Labute approximate surface area is 196 Å². The van der Waals surface area contributed by atoms with Gasteiger partial charge < -0.3 is 10.4 Å². The molecule has 0 spiro atoms. The molecule has 5 rings (SSSR count). The van der Waals surface area contributed by atoms with E-state index in [4.69, 9.17) is 4.98 Å². The molecule has 4 nitrogen and oxygen atoms in total. The van der Waals surface area contributed by atoms with Crippen LogP contribution in [0.3, 0.4) is 0 Å². The Bertz CT molecular complexity index is 1440. The number of carboxylic acids is 1. The molecule has 0 aliphatic heterocycles. The Hall–Kier alpha value is -3.96. The van der Waals surface area contributed by atoms with Gasteiger partial charge in [0.15, 0.2) is 0 Å². The second-order valence-corrected chi connectivity index (χ2v) is 8.84. The smallest absolute Gasteiger partial charge is 0.335 e. The lowest BCUT2D eigenvalue weighted by atomic mass is 9.99. The third-order valence-electron chi connectivity index (χ3n) is 5.68. The third kappa shape index (κ3) is 4.23. The van der Waals surface area contributed by atoms with Gasteiger partial charge in [-0.05, 0) is 41.1 Å². The van der Waals surface area contributed by atoms with E-state index in [1.165, 1.54) is 11.1 Å². The molecule has 0 amide bonds. The van der Waals surface area contributed by atoms with Gasteiger partial charge in [-0.2, -0.15) is 0 Å². The number of carbonyl (C=O) groups is 1. The first-order chi connectivity index (χ1) is 16.1. The number of anilines is 1. The molecule has 162 valence electrons. The molecule has 0 atom stereocenters. The maximum absolute atomic E-state index is 11.5. The van der Waals surface area contributed by atoms with Crippen molar-refractivity contribution in [3.05, 3.63) is 107 Å². The first-order valence-electron chi connectivity index (χ1n) is 10.7. The van der Waals surface area contributed by atoms with E-state index in [2.05, 4.69) is 54.0 Å². The summed E-state index contributed by atoms with van der Waals surface area (Å²) in [6.07, 6.45) is 1.84. The van der Waals surface area contributed by atoms with Crippen LogP contribution in [0.5, 0.6) is 0 Å². The summed E-state index contributed by atoms with van der Waals surface area (Å²) in [6.45, 7) is 2.75. The minimum atomic E-state index is -0.936. The maximum Gasteiger partial charge on any atom is 0.335 e. The van der Waals surface area contributed by atoms with Crippen LogP contribution in [0.4, 0.5) is 5.82 Å². The van der Waals surface area contributed by atoms with Gasteiger partial charge in [-0.25, -0.2) is 9.78 Å². The number of pyridine rings is 1. The lowest BCUT2D eigenvalue weighted by molar-refractivity contribution is 0.0697. The normalized spacial score (nSPS) is 10.9. The van der Waals surface area contributed by atoms with Crippen LogP contribution in [0.2, 0.25) is 0 Å². The zero-order valence-electron chi connectivity index (χ0n) is 18.1. The minimum absolute atomic E-state index is 0.266. The minimum Gasteiger partial charge on any atom is -0.478 e. The highest BCUT2D eigenvalue weighted by atomic mass is 32.1. The molecule has 2 heterocycles. The van der Waals surface area contributed by atoms with Crippen LogP contribution in [0, 0.1) is 6.92 Å². The van der Waals surface area contributed by atoms with Gasteiger partial charge in [0.25, 0.3) is 0 Å². The quantitative estimate of drug-likeness (QED) is 0.286. The molecule has 5 aromatic rings. The molecule has 0 aliphatic rings. The van der Waals surface area contributed by atoms with E-state index < -0.39 is 5.97 Å². The van der Waals surface area contributed by atoms with Crippen molar-refractivity contribution in [1.82, 2.24) is 4.98 Å². The topological polar surface area (TPSA) is 62.2 Å². The number of aromatic carboxylic acids is 1. The van der Waals surface area contributed by atoms with E-state index in [0.717, 1.165) is 38.2 Å². The van der Waals surface area contributed by atoms with Crippen LogP contribution in [-0.2, 0) is 6.54 Å². The molecule has 0 fully saturated rings. The molecule has 33 heavy (non-hydrogen) atoms. The molecule has 0 saturated heterocycles. The summed E-state index contributed by atoms with van der Waals surface area (Å²) in [7, 11) is 0. The number of nitrogens with zero attached hydrogens (tertiary/aromatic N) is 1. The van der Waals surface area contributed by atoms with E-state index in [0.29, 0.717) is 6.54 Å². The second kappa shape index (κ2) is 8.88. The van der Waals surface area contributed by atoms with Crippen LogP contribution < -0.4 is 5.32 Å². The predicted molar refractivity (Wildman–Crippen MR) is 136 cm³/mol. The van der Waals surface area contributed by atoms with Crippen molar-refractivity contribution in [3.8, 4) is 22.3 Å². The fourth-order valence-electron chi connectivity index (χ4n) is 3.93. The summed E-state index contributed by atoms with van der Waals surface area (Å²) in [5.74, 6) is -0.113. The van der Waals surface area contributed by atoms with Crippen molar-refractivity contribution in [2.24, 2.45) is 0 Å². The number of nitrogens with one attached hydrogen (secondary N) is 1. The number of fused-ring (bicyclic) bond motifs is 1. The van der Waals surface area contributed by atoms with Crippen LogP contribution in [0.1, 0.15) is 21.5 Å². The predicted octanol–water partition coefficient (Wildman–Crippen LogP) is 7.25. The third-order valence-corrected chi connectivity index (χ3v) is 6.69. The summed E-state index contributed by atoms with van der Waals surface area (Å²) in [4.78, 5) is 16.3. The molecule has 0 saturated carbocycles. The van der Waals surface area contributed by atoms with Gasteiger partial charge in [-0.3, -0.25) is 0 Å². The van der Waals surface area contributed by atoms with Gasteiger partial charge in [0, 0.05) is 34.0 Å². The Morgan fingerprint density at radius 2 is 1.73 bits per heavy atom. The number of hydrogen-bond acceptors (Lipinski definition) is 4. The Morgan fingerprint density at radius 1 is 0.939 bits per heavy atom. The monoisotopic (exact) mass is 450 g/mol. The van der Waals surface area contributed by atoms with Crippen molar-refractivity contribution >= 4 is 33.2 Å². The summed E-state index contributed by atoms with van der Waals surface area (Å²) >= 11 is 1.66. The highest BCUT2D eigenvalue weighted by Crippen LogP contribution is 2.42. The lowest BCUT2D eigenvalue weighted by Crippen LogP contribution is -2.02. The van der Waals surface area contributed by atoms with Gasteiger partial charge in [0.2, 0.25) is 0 Å². The molecule has 0 radical (unpaired) electrons. The van der Waals surface area contributed by atoms with E-state index >= 15 is 0 Å². The average molecular weight is 451 g/mol. The fraction of sp³-hybridized carbons (Fsp3) is 0.0714. The van der Waals surface area contributed by atoms with Gasteiger partial charge in [0.05, 0.1) is 5.56 Å². The lowest BCUT2D eigenvalue weighted by Gasteiger charge is -2.12. The zero-order valence-corrected chi connectivity index (χ0v) is 18.9. The maximum atomic E-state index is 11.5. The number of aryl methyl sites for hydroxylation is 1. The van der Waals surface area contributed by atoms with E-state index in [-0.39, 0.29) is 5.56 Å². The van der Waals surface area contributed by atoms with Crippen LogP contribution >= 0.6 is 11.3 Å². The largest absolute Gasteiger partial charge is 0.478 e. The van der Waals surface area contributed by atoms with Crippen molar-refractivity contribution in [2.45, 2.75) is 13.5 Å². The highest BCUT2D eigenvalue weighted by Gasteiger charge is 2.17. The Balaban J connectivity index is 1.66. The molecular formula is C28H22N2O2S. The number of aromatic nitrogens is 1. The molecule has 0 aliphatic carbocycles. The Kier molecular flexibility index (Phi) is 5.63. The zero-order chi connectivity index (χ0) is 22.8. The van der Waals surface area contributed by atoms with Gasteiger partial charge >= 0.3 is 5.97 Å². The SMILES string of the molecule is Cc1ccc(-c2csc3c(-c4cccc(C(=O)O)c4)cnc(NCc4ccccc4)c23)cc1. The van der Waals surface area contributed by atoms with Crippen molar-refractivity contribution in [2.75, 3.05) is 5.32 Å². The van der Waals surface area contributed by atoms with Gasteiger partial charge in [-0.1, -0.05) is 72.3 Å². The van der Waals surface area contributed by atoms with Crippen molar-refractivity contribution < 1.29 is 9.90 Å². The van der Waals surface area contributed by atoms with Gasteiger partial charge in [0.1, 0.15) is 5.82 Å². The van der Waals surface area contributed by atoms with Crippen molar-refractivity contribution in [3.63, 3.8) is 0 Å². The highest BCUT2D eigenvalue weighted by molar-refractivity contribution is 7.18. The molecule has 3 aromatic carbocycles. The average Bonchev–Trinajstić information content (AvgIpc) is 3.29. The summed E-state index contributed by atoms with van der Waals surface area (Å²) in [5, 5.41) is 16.2. The molecular weight excluding hydrogens is 428 g/mol. The number of benzene rings is 3. The molecule has 0 bridgehead atoms. The van der Waals surface area contributed by atoms with E-state index in [9.17, 15) is 9.90 Å². The molecule has 5 heteroatoms. The Morgan fingerprint density at radius 3 is 2.48 bits per heavy atom. The summed E-state index contributed by atoms with van der Waals surface area (Å²) in [5.41, 5.74) is 6.69. The molecule has 2 aromatic heterocycles. The second-order valence-electron chi connectivity index (χ2n) is 7.97. The van der Waals surface area contributed by atoms with E-state index in [1.807, 2.05) is 30.5 Å². The molecule has 2 N–H and O–H groups in total. The number of carboxylic acid groups (broad SMARTS) is 1. The van der Waals surface area contributed by atoms with Crippen molar-refractivity contribution in [1.29, 1.82) is 0 Å². The summed E-state index contributed by atoms with van der Waals surface area (Å²) in [6, 6.07) is 25.8. The first-order valence-corrected chi connectivity index (χ1v) is 11.6. The standard InChI is InChI=1S/C28H22N2O2S/c1-18-10-12-20(13-11-18)24-17-33-26-23(21-8-5-9-22(14-21)28(31)32)16-30-27(25(24)26)29-15-19-6-3-2-4-7-19/h2-14,16-17H,15H2,1H3,(H,29,30)(H,31,32). The number of thiophene rings is 1. The fourth-order valence-corrected chi connectivity index (χ4v) is 5.04. The van der Waals surface area contributed by atoms with E-state index in [1.54, 1.807) is 29.5 Å². The molecule has 0 unspecified atom stereocenters. The van der Waals surface area contributed by atoms with Crippen LogP contribution in [0.15, 0.2) is 90.4 Å². The van der Waals surface area contributed by atoms with Gasteiger partial charge in [-0.15, -0.1) is 11.3 Å². The number of rotatable bonds is 6. The van der Waals surface area contributed by atoms with Crippen LogP contribution in [-0.4, -0.2) is 16.1 Å². The number of hydrogen-bond donors (Lipinski definition) is 2. The van der Waals surface area contributed by atoms with Crippen LogP contribution in [0.25, 0.3) is 32.3 Å². The first kappa shape index (κ1) is 20.9.